The zero-order chi connectivity index (χ0) is 21.6. The summed E-state index contributed by atoms with van der Waals surface area (Å²) >= 11 is 0. The van der Waals surface area contributed by atoms with E-state index < -0.39 is 39.8 Å². The van der Waals surface area contributed by atoms with Gasteiger partial charge in [-0.2, -0.15) is 39.5 Å². The molecule has 13 heteroatoms. The molecule has 0 aromatic heterocycles. The van der Waals surface area contributed by atoms with Crippen LogP contribution in [0.2, 0.25) is 0 Å². The summed E-state index contributed by atoms with van der Waals surface area (Å²) in [7, 11) is -6.48. The molecular formula is C14H22F9NO2S. The second-order valence-electron chi connectivity index (χ2n) is 6.04. The lowest BCUT2D eigenvalue weighted by molar-refractivity contribution is -0.382. The number of alkyl halides is 9. The second-order valence-corrected chi connectivity index (χ2v) is 7.84. The smallest absolute Gasteiger partial charge is 0.210 e. The van der Waals surface area contributed by atoms with Crippen LogP contribution in [0.25, 0.3) is 0 Å². The lowest BCUT2D eigenvalue weighted by atomic mass is 10.1. The molecule has 164 valence electrons. The number of halogens is 9. The van der Waals surface area contributed by atoms with Crippen LogP contribution < -0.4 is 4.72 Å². The summed E-state index contributed by atoms with van der Waals surface area (Å²) in [5.41, 5.74) is 0. The van der Waals surface area contributed by atoms with Crippen molar-refractivity contribution >= 4 is 10.0 Å². The van der Waals surface area contributed by atoms with Gasteiger partial charge >= 0.3 is 23.3 Å². The normalized spacial score (nSPS) is 14.6. The van der Waals surface area contributed by atoms with Crippen LogP contribution in [0.15, 0.2) is 0 Å². The highest BCUT2D eigenvalue weighted by Gasteiger charge is 2.85. The molecule has 0 amide bonds. The Balaban J connectivity index is 4.76. The first-order valence-electron chi connectivity index (χ1n) is 8.25. The third-order valence-corrected chi connectivity index (χ3v) is 5.29. The summed E-state index contributed by atoms with van der Waals surface area (Å²) in [4.78, 5) is 0. The first kappa shape index (κ1) is 26.3. The molecule has 0 fully saturated rings. The Labute approximate surface area is 151 Å². The first-order chi connectivity index (χ1) is 12.1. The number of unbranched alkanes of at least 4 members (excludes halogenated alkanes) is 7. The average molecular weight is 439 g/mol. The maximum atomic E-state index is 13.4. The number of nitrogens with one attached hydrogen (secondary N) is 1. The maximum Gasteiger partial charge on any atom is 0.460 e. The van der Waals surface area contributed by atoms with Crippen molar-refractivity contribution in [3.63, 3.8) is 0 Å². The van der Waals surface area contributed by atoms with Gasteiger partial charge in [0.25, 0.3) is 10.0 Å². The molecule has 0 unspecified atom stereocenters. The molecule has 0 aliphatic heterocycles. The van der Waals surface area contributed by atoms with E-state index in [1.54, 1.807) is 0 Å². The van der Waals surface area contributed by atoms with Gasteiger partial charge in [0.2, 0.25) is 0 Å². The minimum Gasteiger partial charge on any atom is -0.210 e. The molecule has 0 aliphatic carbocycles. The standard InChI is InChI=1S/C14H22F9NO2S/c1-2-3-4-5-6-7-8-9-10-24-27(25,26)14(22,23)12(17,18)11(15,16)13(19,20)21/h24H,2-10H2,1H3. The van der Waals surface area contributed by atoms with Crippen LogP contribution in [0, 0.1) is 0 Å². The van der Waals surface area contributed by atoms with Crippen molar-refractivity contribution < 1.29 is 47.9 Å². The second kappa shape index (κ2) is 9.66. The van der Waals surface area contributed by atoms with Crippen LogP contribution in [0.3, 0.4) is 0 Å². The minimum atomic E-state index is -7.24. The molecule has 0 bridgehead atoms. The zero-order valence-corrected chi connectivity index (χ0v) is 15.3. The number of sulfonamides is 1. The molecule has 0 rings (SSSR count). The maximum absolute atomic E-state index is 13.4. The molecule has 27 heavy (non-hydrogen) atoms. The number of hydrogen-bond acceptors (Lipinski definition) is 2. The largest absolute Gasteiger partial charge is 0.460 e. The third kappa shape index (κ3) is 6.13. The van der Waals surface area contributed by atoms with Gasteiger partial charge in [0, 0.05) is 6.54 Å². The summed E-state index contributed by atoms with van der Waals surface area (Å²) in [5.74, 6) is -14.4. The predicted octanol–water partition coefficient (Wildman–Crippen LogP) is 5.47. The van der Waals surface area contributed by atoms with Crippen LogP contribution in [-0.2, 0) is 10.0 Å². The molecule has 0 saturated carbocycles. The van der Waals surface area contributed by atoms with E-state index in [2.05, 4.69) is 0 Å². The Morgan fingerprint density at radius 1 is 0.667 bits per heavy atom. The van der Waals surface area contributed by atoms with E-state index in [9.17, 15) is 47.9 Å². The zero-order valence-electron chi connectivity index (χ0n) is 14.5. The molecule has 0 spiro atoms. The van der Waals surface area contributed by atoms with Gasteiger partial charge in [-0.15, -0.1) is 0 Å². The van der Waals surface area contributed by atoms with Gasteiger partial charge in [-0.1, -0.05) is 51.9 Å². The van der Waals surface area contributed by atoms with Crippen molar-refractivity contribution in [2.75, 3.05) is 6.54 Å². The summed E-state index contributed by atoms with van der Waals surface area (Å²) in [6, 6.07) is 0. The highest BCUT2D eigenvalue weighted by molar-refractivity contribution is 7.90. The fraction of sp³-hybridized carbons (Fsp3) is 1.00. The summed E-state index contributed by atoms with van der Waals surface area (Å²) in [6.45, 7) is 1.22. The monoisotopic (exact) mass is 439 g/mol. The Hall–Kier alpha value is -0.720. The molecule has 1 N–H and O–H groups in total. The summed E-state index contributed by atoms with van der Waals surface area (Å²) < 4.78 is 138. The van der Waals surface area contributed by atoms with Gasteiger partial charge in [0.1, 0.15) is 0 Å². The molecular weight excluding hydrogens is 417 g/mol. The molecule has 0 aromatic rings. The molecule has 0 saturated heterocycles. The lowest BCUT2D eigenvalue weighted by Gasteiger charge is -2.33. The van der Waals surface area contributed by atoms with Crippen molar-refractivity contribution in [3.8, 4) is 0 Å². The molecule has 0 aliphatic rings. The van der Waals surface area contributed by atoms with Crippen molar-refractivity contribution in [1.82, 2.24) is 4.72 Å². The van der Waals surface area contributed by atoms with Crippen molar-refractivity contribution in [2.45, 2.75) is 81.6 Å². The van der Waals surface area contributed by atoms with Gasteiger partial charge in [0.05, 0.1) is 0 Å². The molecule has 0 aromatic carbocycles. The van der Waals surface area contributed by atoms with Gasteiger partial charge < -0.3 is 0 Å². The first-order valence-corrected chi connectivity index (χ1v) is 9.74. The predicted molar refractivity (Wildman–Crippen MR) is 80.4 cm³/mol. The van der Waals surface area contributed by atoms with Gasteiger partial charge in [-0.3, -0.25) is 0 Å². The highest BCUT2D eigenvalue weighted by atomic mass is 32.2. The van der Waals surface area contributed by atoms with Crippen LogP contribution in [0.5, 0.6) is 0 Å². The fourth-order valence-corrected chi connectivity index (χ4v) is 3.15. The summed E-state index contributed by atoms with van der Waals surface area (Å²) in [5, 5.41) is -6.67. The van der Waals surface area contributed by atoms with Gasteiger partial charge in [-0.25, -0.2) is 13.1 Å². The van der Waals surface area contributed by atoms with E-state index >= 15 is 0 Å². The fourth-order valence-electron chi connectivity index (χ4n) is 2.09. The molecule has 0 heterocycles. The van der Waals surface area contributed by atoms with E-state index in [0.717, 1.165) is 36.8 Å². The topological polar surface area (TPSA) is 46.2 Å². The van der Waals surface area contributed by atoms with Crippen LogP contribution in [0.4, 0.5) is 39.5 Å². The quantitative estimate of drug-likeness (QED) is 0.306. The van der Waals surface area contributed by atoms with E-state index in [-0.39, 0.29) is 6.42 Å². The Bertz CT molecular complexity index is 547. The van der Waals surface area contributed by atoms with Crippen LogP contribution >= 0.6 is 0 Å². The average Bonchev–Trinajstić information content (AvgIpc) is 2.51. The number of rotatable bonds is 13. The van der Waals surface area contributed by atoms with Crippen LogP contribution in [0.1, 0.15) is 58.3 Å². The van der Waals surface area contributed by atoms with Crippen molar-refractivity contribution in [3.05, 3.63) is 0 Å². The Kier molecular flexibility index (Phi) is 9.40. The Morgan fingerprint density at radius 2 is 1.07 bits per heavy atom. The lowest BCUT2D eigenvalue weighted by Crippen LogP contribution is -2.64. The highest BCUT2D eigenvalue weighted by Crippen LogP contribution is 2.54. The van der Waals surface area contributed by atoms with Crippen molar-refractivity contribution in [2.24, 2.45) is 0 Å². The van der Waals surface area contributed by atoms with Gasteiger partial charge in [0.15, 0.2) is 0 Å². The molecule has 3 nitrogen and oxygen atoms in total. The van der Waals surface area contributed by atoms with Crippen molar-refractivity contribution in [1.29, 1.82) is 0 Å². The summed E-state index contributed by atoms with van der Waals surface area (Å²) in [6.07, 6.45) is -1.47. The van der Waals surface area contributed by atoms with E-state index in [1.165, 1.54) is 0 Å². The van der Waals surface area contributed by atoms with E-state index in [0.29, 0.717) is 12.8 Å². The van der Waals surface area contributed by atoms with Gasteiger partial charge in [-0.05, 0) is 6.42 Å². The van der Waals surface area contributed by atoms with Crippen LogP contribution in [-0.4, -0.2) is 38.2 Å². The van der Waals surface area contributed by atoms with E-state index in [4.69, 9.17) is 0 Å². The SMILES string of the molecule is CCCCCCCCCCNS(=O)(=O)C(F)(F)C(F)(F)C(F)(F)C(F)(F)F. The Morgan fingerprint density at radius 3 is 1.48 bits per heavy atom. The van der Waals surface area contributed by atoms with E-state index in [1.807, 2.05) is 6.92 Å². The number of hydrogen-bond donors (Lipinski definition) is 1. The molecule has 0 atom stereocenters. The molecule has 0 radical (unpaired) electrons. The third-order valence-electron chi connectivity index (χ3n) is 3.78. The minimum absolute atomic E-state index is 0.0652.